The number of aryl methyl sites for hydroxylation is 1. The van der Waals surface area contributed by atoms with Crippen LogP contribution in [-0.4, -0.2) is 16.4 Å². The molecule has 0 aliphatic carbocycles. The summed E-state index contributed by atoms with van der Waals surface area (Å²) in [7, 11) is 1.79. The summed E-state index contributed by atoms with van der Waals surface area (Å²) in [5, 5.41) is 4.79. The van der Waals surface area contributed by atoms with Crippen LogP contribution >= 0.6 is 34.8 Å². The number of amides is 2. The van der Waals surface area contributed by atoms with Gasteiger partial charge in [0, 0.05) is 34.5 Å². The predicted molar refractivity (Wildman–Crippen MR) is 104 cm³/mol. The standard InChI is InChI=1S/C18H14Cl3N3O2/c1-24-15-6-11(19)3-2-9(15)5-16(24)18(26)23-8-10-4-14(21)12(17(22)25)7-13(10)20/h2-7H,8H2,1H3,(H2,22,25)(H,23,26). The molecule has 0 aliphatic heterocycles. The highest BCUT2D eigenvalue weighted by Crippen LogP contribution is 2.26. The van der Waals surface area contributed by atoms with Crippen molar-refractivity contribution >= 4 is 57.5 Å². The Balaban J connectivity index is 1.82. The zero-order valence-corrected chi connectivity index (χ0v) is 15.9. The van der Waals surface area contributed by atoms with Gasteiger partial charge in [-0.05, 0) is 35.9 Å². The fourth-order valence-electron chi connectivity index (χ4n) is 2.70. The van der Waals surface area contributed by atoms with Gasteiger partial charge >= 0.3 is 0 Å². The molecule has 0 spiro atoms. The molecule has 2 amide bonds. The lowest BCUT2D eigenvalue weighted by molar-refractivity contribution is 0.0941. The first-order chi connectivity index (χ1) is 12.3. The number of nitrogens with zero attached hydrogens (tertiary/aromatic N) is 1. The molecule has 0 saturated carbocycles. The van der Waals surface area contributed by atoms with Gasteiger partial charge in [0.15, 0.2) is 0 Å². The largest absolute Gasteiger partial charge is 0.366 e. The van der Waals surface area contributed by atoms with Crippen molar-refractivity contribution in [3.63, 3.8) is 0 Å². The number of carbonyl (C=O) groups is 2. The summed E-state index contributed by atoms with van der Waals surface area (Å²) in [5.74, 6) is -0.937. The van der Waals surface area contributed by atoms with Crippen LogP contribution in [0.15, 0.2) is 36.4 Å². The zero-order valence-electron chi connectivity index (χ0n) is 13.6. The number of fused-ring (bicyclic) bond motifs is 1. The minimum Gasteiger partial charge on any atom is -0.366 e. The number of nitrogens with two attached hydrogens (primary N) is 1. The monoisotopic (exact) mass is 409 g/mol. The van der Waals surface area contributed by atoms with Gasteiger partial charge in [0.1, 0.15) is 5.69 Å². The summed E-state index contributed by atoms with van der Waals surface area (Å²) < 4.78 is 1.77. The summed E-state index contributed by atoms with van der Waals surface area (Å²) in [4.78, 5) is 23.8. The molecule has 0 radical (unpaired) electrons. The Kier molecular flexibility index (Phi) is 5.14. The van der Waals surface area contributed by atoms with E-state index in [9.17, 15) is 9.59 Å². The molecule has 1 heterocycles. The molecule has 1 aromatic heterocycles. The molecule has 2 aromatic carbocycles. The van der Waals surface area contributed by atoms with Crippen molar-refractivity contribution in [2.24, 2.45) is 12.8 Å². The van der Waals surface area contributed by atoms with E-state index in [1.54, 1.807) is 29.8 Å². The molecule has 0 atom stereocenters. The first-order valence-corrected chi connectivity index (χ1v) is 8.72. The second kappa shape index (κ2) is 7.19. The molecule has 3 aromatic rings. The fraction of sp³-hybridized carbons (Fsp3) is 0.111. The lowest BCUT2D eigenvalue weighted by Crippen LogP contribution is -2.25. The molecule has 0 aliphatic rings. The number of hydrogen-bond acceptors (Lipinski definition) is 2. The van der Waals surface area contributed by atoms with Crippen molar-refractivity contribution in [3.05, 3.63) is 68.3 Å². The Labute approximate surface area is 164 Å². The first-order valence-electron chi connectivity index (χ1n) is 7.59. The highest BCUT2D eigenvalue weighted by atomic mass is 35.5. The van der Waals surface area contributed by atoms with E-state index in [1.165, 1.54) is 12.1 Å². The van der Waals surface area contributed by atoms with Crippen molar-refractivity contribution in [1.82, 2.24) is 9.88 Å². The average molecular weight is 411 g/mol. The van der Waals surface area contributed by atoms with Crippen LogP contribution in [0.3, 0.4) is 0 Å². The number of benzene rings is 2. The summed E-state index contributed by atoms with van der Waals surface area (Å²) >= 11 is 18.2. The van der Waals surface area contributed by atoms with Crippen LogP contribution in [0, 0.1) is 0 Å². The van der Waals surface area contributed by atoms with Crippen molar-refractivity contribution in [1.29, 1.82) is 0 Å². The number of halogens is 3. The van der Waals surface area contributed by atoms with Gasteiger partial charge in [0.2, 0.25) is 5.91 Å². The van der Waals surface area contributed by atoms with Crippen LogP contribution in [0.1, 0.15) is 26.4 Å². The number of rotatable bonds is 4. The first kappa shape index (κ1) is 18.6. The third-order valence-electron chi connectivity index (χ3n) is 4.08. The van der Waals surface area contributed by atoms with E-state index in [1.807, 2.05) is 6.07 Å². The van der Waals surface area contributed by atoms with Crippen LogP contribution in [0.4, 0.5) is 0 Å². The van der Waals surface area contributed by atoms with Crippen LogP contribution in [0.25, 0.3) is 10.9 Å². The Morgan fingerprint density at radius 2 is 1.81 bits per heavy atom. The summed E-state index contributed by atoms with van der Waals surface area (Å²) in [5.41, 5.74) is 7.29. The zero-order chi connectivity index (χ0) is 19.0. The summed E-state index contributed by atoms with van der Waals surface area (Å²) in [6.45, 7) is 0.151. The topological polar surface area (TPSA) is 77.1 Å². The van der Waals surface area contributed by atoms with E-state index in [0.717, 1.165) is 10.9 Å². The SMILES string of the molecule is Cn1c(C(=O)NCc2cc(Cl)c(C(N)=O)cc2Cl)cc2ccc(Cl)cc21. The normalized spacial score (nSPS) is 10.9. The van der Waals surface area contributed by atoms with Gasteiger partial charge in [0.25, 0.3) is 5.91 Å². The minimum atomic E-state index is -0.665. The third kappa shape index (κ3) is 3.51. The third-order valence-corrected chi connectivity index (χ3v) is 4.98. The molecule has 3 N–H and O–H groups in total. The van der Waals surface area contributed by atoms with Crippen molar-refractivity contribution in [2.45, 2.75) is 6.54 Å². The van der Waals surface area contributed by atoms with Gasteiger partial charge in [-0.1, -0.05) is 40.9 Å². The Morgan fingerprint density at radius 3 is 2.50 bits per heavy atom. The molecule has 0 bridgehead atoms. The second-order valence-corrected chi connectivity index (χ2v) is 7.01. The van der Waals surface area contributed by atoms with Crippen LogP contribution in [-0.2, 0) is 13.6 Å². The van der Waals surface area contributed by atoms with Gasteiger partial charge < -0.3 is 15.6 Å². The Hall–Kier alpha value is -2.21. The average Bonchev–Trinajstić information content (AvgIpc) is 2.91. The van der Waals surface area contributed by atoms with Crippen molar-refractivity contribution in [3.8, 4) is 0 Å². The van der Waals surface area contributed by atoms with E-state index >= 15 is 0 Å². The van der Waals surface area contributed by atoms with Gasteiger partial charge in [-0.2, -0.15) is 0 Å². The smallest absolute Gasteiger partial charge is 0.268 e. The maximum absolute atomic E-state index is 12.5. The molecular weight excluding hydrogens is 397 g/mol. The maximum atomic E-state index is 12.5. The van der Waals surface area contributed by atoms with Gasteiger partial charge in [-0.25, -0.2) is 0 Å². The molecule has 26 heavy (non-hydrogen) atoms. The van der Waals surface area contributed by atoms with Crippen molar-refractivity contribution in [2.75, 3.05) is 0 Å². The molecular formula is C18H14Cl3N3O2. The highest BCUT2D eigenvalue weighted by Gasteiger charge is 2.15. The van der Waals surface area contributed by atoms with E-state index in [2.05, 4.69) is 5.32 Å². The van der Waals surface area contributed by atoms with E-state index in [0.29, 0.717) is 21.3 Å². The van der Waals surface area contributed by atoms with Gasteiger partial charge in [-0.15, -0.1) is 0 Å². The van der Waals surface area contributed by atoms with E-state index < -0.39 is 5.91 Å². The number of primary amides is 1. The molecule has 8 heteroatoms. The number of nitrogens with one attached hydrogen (secondary N) is 1. The number of hydrogen-bond donors (Lipinski definition) is 2. The molecule has 0 fully saturated rings. The summed E-state index contributed by atoms with van der Waals surface area (Å²) in [6.07, 6.45) is 0. The second-order valence-electron chi connectivity index (χ2n) is 5.76. The van der Waals surface area contributed by atoms with Gasteiger partial charge in [0.05, 0.1) is 10.6 Å². The lowest BCUT2D eigenvalue weighted by Gasteiger charge is -2.10. The van der Waals surface area contributed by atoms with E-state index in [-0.39, 0.29) is 23.0 Å². The van der Waals surface area contributed by atoms with E-state index in [4.69, 9.17) is 40.5 Å². The molecule has 5 nitrogen and oxygen atoms in total. The Bertz CT molecular complexity index is 1040. The predicted octanol–water partition coefficient (Wildman–Crippen LogP) is 4.17. The maximum Gasteiger partial charge on any atom is 0.268 e. The fourth-order valence-corrected chi connectivity index (χ4v) is 3.38. The quantitative estimate of drug-likeness (QED) is 0.677. The van der Waals surface area contributed by atoms with Crippen molar-refractivity contribution < 1.29 is 9.59 Å². The molecule has 3 rings (SSSR count). The lowest BCUT2D eigenvalue weighted by atomic mass is 10.1. The number of carbonyl (C=O) groups excluding carboxylic acids is 2. The molecule has 0 unspecified atom stereocenters. The van der Waals surface area contributed by atoms with Crippen LogP contribution in [0.2, 0.25) is 15.1 Å². The molecule has 0 saturated heterocycles. The Morgan fingerprint density at radius 1 is 1.08 bits per heavy atom. The van der Waals surface area contributed by atoms with Crippen LogP contribution in [0.5, 0.6) is 0 Å². The number of aromatic nitrogens is 1. The molecule has 134 valence electrons. The highest BCUT2D eigenvalue weighted by molar-refractivity contribution is 6.36. The van der Waals surface area contributed by atoms with Gasteiger partial charge in [-0.3, -0.25) is 9.59 Å². The minimum absolute atomic E-state index is 0.136. The summed E-state index contributed by atoms with van der Waals surface area (Å²) in [6, 6.07) is 10.1. The van der Waals surface area contributed by atoms with Crippen LogP contribution < -0.4 is 11.1 Å².